The molecule has 0 saturated heterocycles. The first kappa shape index (κ1) is 28.3. The summed E-state index contributed by atoms with van der Waals surface area (Å²) in [6, 6.07) is 61.4. The molecule has 0 amide bonds. The van der Waals surface area contributed by atoms with Gasteiger partial charge in [0.15, 0.2) is 0 Å². The average Bonchev–Trinajstić information content (AvgIpc) is 3.54. The van der Waals surface area contributed by atoms with Gasteiger partial charge in [0.2, 0.25) is 5.95 Å². The summed E-state index contributed by atoms with van der Waals surface area (Å²) in [7, 11) is 0. The van der Waals surface area contributed by atoms with Crippen molar-refractivity contribution < 1.29 is 4.42 Å². The van der Waals surface area contributed by atoms with E-state index < -0.39 is 0 Å². The molecule has 0 fully saturated rings. The van der Waals surface area contributed by atoms with E-state index in [1.54, 1.807) is 0 Å². The van der Waals surface area contributed by atoms with Gasteiger partial charge in [0.25, 0.3) is 0 Å². The van der Waals surface area contributed by atoms with Crippen molar-refractivity contribution in [3.05, 3.63) is 176 Å². The number of aromatic nitrogens is 2. The number of benzene rings is 8. The van der Waals surface area contributed by atoms with Crippen LogP contribution in [0.1, 0.15) is 0 Å². The van der Waals surface area contributed by atoms with Gasteiger partial charge in [0.05, 0.1) is 11.2 Å². The van der Waals surface area contributed by atoms with Gasteiger partial charge < -0.3 is 4.42 Å². The Bertz CT molecular complexity index is 2880. The van der Waals surface area contributed by atoms with Crippen LogP contribution in [0.25, 0.3) is 76.8 Å². The van der Waals surface area contributed by atoms with E-state index in [-0.39, 0.29) is 0 Å². The van der Waals surface area contributed by atoms with E-state index in [2.05, 4.69) is 163 Å². The molecule has 0 radical (unpaired) electrons. The maximum atomic E-state index is 6.70. The Morgan fingerprint density at radius 3 is 1.88 bits per heavy atom. The second-order valence-electron chi connectivity index (χ2n) is 12.7. The van der Waals surface area contributed by atoms with Crippen molar-refractivity contribution >= 4 is 71.7 Å². The van der Waals surface area contributed by atoms with Gasteiger partial charge in [-0.3, -0.25) is 4.90 Å². The normalized spacial score (nSPS) is 11.6. The van der Waals surface area contributed by atoms with Gasteiger partial charge in [0, 0.05) is 38.7 Å². The zero-order valence-electron chi connectivity index (χ0n) is 27.0. The first-order chi connectivity index (χ1) is 24.8. The summed E-state index contributed by atoms with van der Waals surface area (Å²) in [4.78, 5) is 12.8. The number of fused-ring (bicyclic) bond motifs is 6. The molecule has 0 saturated carbocycles. The Labute approximate surface area is 288 Å². The van der Waals surface area contributed by atoms with Crippen LogP contribution >= 0.6 is 0 Å². The zero-order valence-corrected chi connectivity index (χ0v) is 27.0. The summed E-state index contributed by atoms with van der Waals surface area (Å²) < 4.78 is 6.70. The SMILES string of the molecule is c1ccc(-c2cc(-c3nc(N(c4ccccc4)c4ccc5ccccc5c4)nc4ccccc34)cc3c2oc2cc4ccccc4cc23)cc1. The van der Waals surface area contributed by atoms with Crippen molar-refractivity contribution in [1.29, 1.82) is 0 Å². The molecule has 0 unspecified atom stereocenters. The Morgan fingerprint density at radius 2 is 1.08 bits per heavy atom. The molecule has 4 nitrogen and oxygen atoms in total. The Balaban J connectivity index is 1.26. The molecular weight excluding hydrogens is 611 g/mol. The topological polar surface area (TPSA) is 42.2 Å². The van der Waals surface area contributed by atoms with Crippen LogP contribution in [0.3, 0.4) is 0 Å². The molecule has 8 aromatic carbocycles. The van der Waals surface area contributed by atoms with Crippen molar-refractivity contribution in [3.8, 4) is 22.4 Å². The predicted octanol–water partition coefficient (Wildman–Crippen LogP) is 12.6. The van der Waals surface area contributed by atoms with Crippen molar-refractivity contribution in [3.63, 3.8) is 0 Å². The lowest BCUT2D eigenvalue weighted by Crippen LogP contribution is -2.14. The summed E-state index contributed by atoms with van der Waals surface area (Å²) >= 11 is 0. The lowest BCUT2D eigenvalue weighted by Gasteiger charge is -2.24. The fraction of sp³-hybridized carbons (Fsp3) is 0. The molecule has 234 valence electrons. The molecule has 2 aromatic heterocycles. The van der Waals surface area contributed by atoms with E-state index in [1.165, 1.54) is 10.8 Å². The van der Waals surface area contributed by atoms with Gasteiger partial charge in [-0.2, -0.15) is 0 Å². The molecular formula is C46H29N3O. The second-order valence-corrected chi connectivity index (χ2v) is 12.7. The highest BCUT2D eigenvalue weighted by Crippen LogP contribution is 2.43. The van der Waals surface area contributed by atoms with Gasteiger partial charge in [-0.25, -0.2) is 9.97 Å². The first-order valence-electron chi connectivity index (χ1n) is 16.8. The van der Waals surface area contributed by atoms with E-state index in [1.807, 2.05) is 18.2 Å². The summed E-state index contributed by atoms with van der Waals surface area (Å²) in [5.41, 5.74) is 8.56. The number of hydrogen-bond donors (Lipinski definition) is 0. The fourth-order valence-corrected chi connectivity index (χ4v) is 7.19. The van der Waals surface area contributed by atoms with Crippen LogP contribution in [0, 0.1) is 0 Å². The van der Waals surface area contributed by atoms with Crippen LogP contribution in [0.15, 0.2) is 180 Å². The molecule has 10 aromatic rings. The lowest BCUT2D eigenvalue weighted by atomic mass is 9.96. The third-order valence-corrected chi connectivity index (χ3v) is 9.59. The summed E-state index contributed by atoms with van der Waals surface area (Å²) in [5, 5.41) is 7.80. The molecule has 50 heavy (non-hydrogen) atoms. The van der Waals surface area contributed by atoms with Crippen LogP contribution in [0.2, 0.25) is 0 Å². The molecule has 4 heteroatoms. The predicted molar refractivity (Wildman–Crippen MR) is 207 cm³/mol. The molecule has 0 spiro atoms. The Morgan fingerprint density at radius 1 is 0.420 bits per heavy atom. The van der Waals surface area contributed by atoms with E-state index in [0.717, 1.165) is 77.4 Å². The number of hydrogen-bond acceptors (Lipinski definition) is 4. The monoisotopic (exact) mass is 639 g/mol. The Kier molecular flexibility index (Phi) is 6.46. The van der Waals surface area contributed by atoms with Gasteiger partial charge in [-0.15, -0.1) is 0 Å². The third kappa shape index (κ3) is 4.69. The van der Waals surface area contributed by atoms with Gasteiger partial charge in [0.1, 0.15) is 11.2 Å². The molecule has 0 aliphatic carbocycles. The number of anilines is 3. The largest absolute Gasteiger partial charge is 0.455 e. The zero-order chi connectivity index (χ0) is 33.0. The van der Waals surface area contributed by atoms with Gasteiger partial charge >= 0.3 is 0 Å². The quantitative estimate of drug-likeness (QED) is 0.188. The molecule has 0 aliphatic heterocycles. The van der Waals surface area contributed by atoms with Crippen molar-refractivity contribution in [2.45, 2.75) is 0 Å². The Hall–Kier alpha value is -6.78. The molecule has 0 aliphatic rings. The van der Waals surface area contributed by atoms with Crippen LogP contribution in [-0.4, -0.2) is 9.97 Å². The van der Waals surface area contributed by atoms with Crippen LogP contribution in [0.5, 0.6) is 0 Å². The molecule has 0 N–H and O–H groups in total. The summed E-state index contributed by atoms with van der Waals surface area (Å²) in [5.74, 6) is 0.601. The van der Waals surface area contributed by atoms with Crippen molar-refractivity contribution in [2.24, 2.45) is 0 Å². The highest BCUT2D eigenvalue weighted by molar-refractivity contribution is 6.15. The van der Waals surface area contributed by atoms with Gasteiger partial charge in [-0.1, -0.05) is 121 Å². The van der Waals surface area contributed by atoms with Crippen LogP contribution in [-0.2, 0) is 0 Å². The fourth-order valence-electron chi connectivity index (χ4n) is 7.19. The standard InChI is InChI=1S/C46H29N3O/c1-3-14-31(15-4-1)39-27-35(28-41-40-26-33-17-9-10-18-34(33)29-43(40)50-45(39)41)44-38-21-11-12-22-42(38)47-46(48-44)49(36-19-5-2-6-20-36)37-24-23-30-13-7-8-16-32(30)25-37/h1-29H. The van der Waals surface area contributed by atoms with E-state index >= 15 is 0 Å². The van der Waals surface area contributed by atoms with E-state index in [9.17, 15) is 0 Å². The van der Waals surface area contributed by atoms with Crippen molar-refractivity contribution in [1.82, 2.24) is 9.97 Å². The average molecular weight is 640 g/mol. The highest BCUT2D eigenvalue weighted by Gasteiger charge is 2.22. The number of para-hydroxylation sites is 2. The smallest absolute Gasteiger partial charge is 0.235 e. The minimum atomic E-state index is 0.601. The van der Waals surface area contributed by atoms with Crippen LogP contribution in [0.4, 0.5) is 17.3 Å². The summed E-state index contributed by atoms with van der Waals surface area (Å²) in [6.45, 7) is 0. The molecule has 0 atom stereocenters. The first-order valence-corrected chi connectivity index (χ1v) is 16.8. The molecule has 0 bridgehead atoms. The van der Waals surface area contributed by atoms with Gasteiger partial charge in [-0.05, 0) is 81.7 Å². The highest BCUT2D eigenvalue weighted by atomic mass is 16.3. The number of nitrogens with zero attached hydrogens (tertiary/aromatic N) is 3. The minimum absolute atomic E-state index is 0.601. The molecule has 10 rings (SSSR count). The second kappa shape index (κ2) is 11.4. The summed E-state index contributed by atoms with van der Waals surface area (Å²) in [6.07, 6.45) is 0. The number of rotatable bonds is 5. The van der Waals surface area contributed by atoms with Crippen molar-refractivity contribution in [2.75, 3.05) is 4.90 Å². The maximum Gasteiger partial charge on any atom is 0.235 e. The van der Waals surface area contributed by atoms with E-state index in [4.69, 9.17) is 14.4 Å². The lowest BCUT2D eigenvalue weighted by molar-refractivity contribution is 0.670. The van der Waals surface area contributed by atoms with Crippen LogP contribution < -0.4 is 4.90 Å². The minimum Gasteiger partial charge on any atom is -0.455 e. The third-order valence-electron chi connectivity index (χ3n) is 9.59. The van der Waals surface area contributed by atoms with E-state index in [0.29, 0.717) is 5.95 Å². The molecule has 2 heterocycles. The maximum absolute atomic E-state index is 6.70. The number of furan rings is 1.